The summed E-state index contributed by atoms with van der Waals surface area (Å²) in [6.45, 7) is 0.863. The molecule has 12 heteroatoms. The second-order valence-corrected chi connectivity index (χ2v) is 13.7. The van der Waals surface area contributed by atoms with Crippen LogP contribution in [0, 0.1) is 0 Å². The van der Waals surface area contributed by atoms with E-state index < -0.39 is 0 Å². The predicted octanol–water partition coefficient (Wildman–Crippen LogP) is 9.84. The van der Waals surface area contributed by atoms with Crippen molar-refractivity contribution >= 4 is 82.0 Å². The van der Waals surface area contributed by atoms with Crippen LogP contribution in [-0.2, 0) is 9.59 Å². The summed E-state index contributed by atoms with van der Waals surface area (Å²) in [7, 11) is 3.21. The van der Waals surface area contributed by atoms with Crippen LogP contribution in [0.15, 0.2) is 106 Å². The molecule has 8 nitrogen and oxygen atoms in total. The van der Waals surface area contributed by atoms with Crippen LogP contribution in [-0.4, -0.2) is 60.6 Å². The van der Waals surface area contributed by atoms with Gasteiger partial charge in [-0.05, 0) is 96.8 Å². The molecule has 52 heavy (non-hydrogen) atoms. The maximum atomic E-state index is 13.7. The van der Waals surface area contributed by atoms with Crippen molar-refractivity contribution in [3.8, 4) is 11.5 Å². The van der Waals surface area contributed by atoms with Crippen LogP contribution < -0.4 is 9.47 Å². The highest BCUT2D eigenvalue weighted by molar-refractivity contribution is 6.38. The molecule has 2 aliphatic rings. The van der Waals surface area contributed by atoms with Gasteiger partial charge in [0.25, 0.3) is 11.8 Å². The Morgan fingerprint density at radius 3 is 1.29 bits per heavy atom. The van der Waals surface area contributed by atoms with Crippen LogP contribution in [0.4, 0.5) is 0 Å². The van der Waals surface area contributed by atoms with Gasteiger partial charge in [-0.2, -0.15) is 0 Å². The molecule has 0 N–H and O–H groups in total. The standard InChI is InChI=1S/C40H34Cl4N4O4/c1-51-29-13-7-25(8-14-29)21-35-39(49)47(37(45-35)31-17-11-27(41)23-33(31)43)19-5-3-4-6-20-48-38(32-18-12-28(42)24-34(32)44)46-36(40(48)50)22-26-9-15-30(52-2)16-10-26/h7-18,21-24H,3-6,19-20H2,1-2H3/b35-21-,36-22+. The second-order valence-electron chi connectivity index (χ2n) is 12.1. The largest absolute Gasteiger partial charge is 0.497 e. The van der Waals surface area contributed by atoms with Crippen LogP contribution >= 0.6 is 46.4 Å². The van der Waals surface area contributed by atoms with E-state index >= 15 is 0 Å². The molecule has 0 spiro atoms. The lowest BCUT2D eigenvalue weighted by Gasteiger charge is -2.20. The number of nitrogens with zero attached hydrogens (tertiary/aromatic N) is 4. The average molecular weight is 777 g/mol. The molecule has 2 heterocycles. The van der Waals surface area contributed by atoms with E-state index in [2.05, 4.69) is 0 Å². The maximum Gasteiger partial charge on any atom is 0.278 e. The quantitative estimate of drug-likeness (QED) is 0.100. The summed E-state index contributed by atoms with van der Waals surface area (Å²) in [5, 5.41) is 1.79. The average Bonchev–Trinajstić information content (AvgIpc) is 3.60. The van der Waals surface area contributed by atoms with E-state index in [1.165, 1.54) is 0 Å². The van der Waals surface area contributed by atoms with Crippen LogP contribution in [0.1, 0.15) is 47.9 Å². The van der Waals surface area contributed by atoms with Gasteiger partial charge in [0.2, 0.25) is 0 Å². The molecule has 4 aromatic carbocycles. The number of amidine groups is 2. The minimum atomic E-state index is -0.212. The molecular formula is C40H34Cl4N4O4. The van der Waals surface area contributed by atoms with Crippen molar-refractivity contribution in [3.63, 3.8) is 0 Å². The zero-order chi connectivity index (χ0) is 36.8. The Kier molecular flexibility index (Phi) is 12.0. The van der Waals surface area contributed by atoms with Gasteiger partial charge in [-0.3, -0.25) is 19.4 Å². The number of hydrogen-bond acceptors (Lipinski definition) is 6. The zero-order valence-corrected chi connectivity index (χ0v) is 31.4. The lowest BCUT2D eigenvalue weighted by molar-refractivity contribution is -0.123. The fraction of sp³-hybridized carbons (Fsp3) is 0.200. The first-order chi connectivity index (χ1) is 25.1. The Hall–Kier alpha value is -4.60. The van der Waals surface area contributed by atoms with Gasteiger partial charge in [-0.15, -0.1) is 0 Å². The van der Waals surface area contributed by atoms with Crippen molar-refractivity contribution in [1.29, 1.82) is 0 Å². The Bertz CT molecular complexity index is 1960. The van der Waals surface area contributed by atoms with Crippen molar-refractivity contribution in [2.24, 2.45) is 9.98 Å². The highest BCUT2D eigenvalue weighted by atomic mass is 35.5. The molecular weight excluding hydrogens is 742 g/mol. The topological polar surface area (TPSA) is 83.8 Å². The lowest BCUT2D eigenvalue weighted by Crippen LogP contribution is -2.34. The fourth-order valence-electron chi connectivity index (χ4n) is 5.88. The van der Waals surface area contributed by atoms with Crippen molar-refractivity contribution < 1.29 is 19.1 Å². The third kappa shape index (κ3) is 8.54. The van der Waals surface area contributed by atoms with E-state index in [-0.39, 0.29) is 11.8 Å². The second kappa shape index (κ2) is 16.8. The molecule has 0 fully saturated rings. The zero-order valence-electron chi connectivity index (χ0n) is 28.4. The number of unbranched alkanes of at least 4 members (excludes halogenated alkanes) is 3. The summed E-state index contributed by atoms with van der Waals surface area (Å²) in [5.74, 6) is 1.97. The van der Waals surface area contributed by atoms with E-state index in [1.807, 2.05) is 48.5 Å². The van der Waals surface area contributed by atoms with Gasteiger partial charge >= 0.3 is 0 Å². The van der Waals surface area contributed by atoms with Crippen molar-refractivity contribution in [2.75, 3.05) is 27.3 Å². The minimum absolute atomic E-state index is 0.212. The normalized spacial score (nSPS) is 15.9. The van der Waals surface area contributed by atoms with Crippen LogP contribution in [0.2, 0.25) is 20.1 Å². The highest BCUT2D eigenvalue weighted by Gasteiger charge is 2.33. The van der Waals surface area contributed by atoms with Gasteiger partial charge in [-0.1, -0.05) is 83.5 Å². The van der Waals surface area contributed by atoms with E-state index in [0.29, 0.717) is 80.2 Å². The smallest absolute Gasteiger partial charge is 0.278 e. The molecule has 2 amide bonds. The van der Waals surface area contributed by atoms with Crippen LogP contribution in [0.5, 0.6) is 11.5 Å². The molecule has 0 radical (unpaired) electrons. The summed E-state index contributed by atoms with van der Waals surface area (Å²) in [5.41, 5.74) is 3.50. The number of aliphatic imine (C=N–C) groups is 2. The molecule has 0 atom stereocenters. The molecule has 2 aliphatic heterocycles. The van der Waals surface area contributed by atoms with E-state index in [1.54, 1.807) is 72.6 Å². The molecule has 266 valence electrons. The molecule has 0 aromatic heterocycles. The number of carbonyl (C=O) groups excluding carboxylic acids is 2. The van der Waals surface area contributed by atoms with Crippen LogP contribution in [0.25, 0.3) is 12.2 Å². The van der Waals surface area contributed by atoms with Crippen LogP contribution in [0.3, 0.4) is 0 Å². The van der Waals surface area contributed by atoms with E-state index in [4.69, 9.17) is 65.9 Å². The molecule has 0 unspecified atom stereocenters. The monoisotopic (exact) mass is 774 g/mol. The third-order valence-electron chi connectivity index (χ3n) is 8.59. The van der Waals surface area contributed by atoms with Gasteiger partial charge in [0, 0.05) is 34.3 Å². The lowest BCUT2D eigenvalue weighted by atomic mass is 10.1. The van der Waals surface area contributed by atoms with Crippen molar-refractivity contribution in [3.05, 3.63) is 139 Å². The van der Waals surface area contributed by atoms with Gasteiger partial charge in [-0.25, -0.2) is 9.98 Å². The minimum Gasteiger partial charge on any atom is -0.497 e. The molecule has 0 saturated heterocycles. The summed E-state index contributed by atoms with van der Waals surface area (Å²) in [6, 6.07) is 25.1. The number of hydrogen-bond donors (Lipinski definition) is 0. The Morgan fingerprint density at radius 1 is 0.558 bits per heavy atom. The number of rotatable bonds is 13. The number of ether oxygens (including phenoxy) is 2. The number of carbonyl (C=O) groups is 2. The maximum absolute atomic E-state index is 13.7. The highest BCUT2D eigenvalue weighted by Crippen LogP contribution is 2.31. The third-order valence-corrected chi connectivity index (χ3v) is 9.68. The first-order valence-electron chi connectivity index (χ1n) is 16.6. The number of halogens is 4. The number of benzene rings is 4. The van der Waals surface area contributed by atoms with E-state index in [9.17, 15) is 9.59 Å². The number of methoxy groups -OCH3 is 2. The summed E-state index contributed by atoms with van der Waals surface area (Å²) >= 11 is 25.5. The first kappa shape index (κ1) is 37.2. The summed E-state index contributed by atoms with van der Waals surface area (Å²) in [4.78, 5) is 40.2. The SMILES string of the molecule is COc1ccc(/C=C2\N=C(c3ccc(Cl)cc3Cl)N(CCCCCCN3C(=O)/C(=C\c4ccc(OC)cc4)N=C3c3ccc(Cl)cc3Cl)C2=O)cc1. The Labute approximate surface area is 322 Å². The summed E-state index contributed by atoms with van der Waals surface area (Å²) < 4.78 is 10.5. The van der Waals surface area contributed by atoms with Gasteiger partial charge in [0.05, 0.1) is 24.3 Å². The predicted molar refractivity (Wildman–Crippen MR) is 210 cm³/mol. The molecule has 0 bridgehead atoms. The molecule has 0 aliphatic carbocycles. The summed E-state index contributed by atoms with van der Waals surface area (Å²) in [6.07, 6.45) is 6.50. The van der Waals surface area contributed by atoms with Gasteiger partial charge < -0.3 is 9.47 Å². The fourth-order valence-corrected chi connectivity index (χ4v) is 6.86. The van der Waals surface area contributed by atoms with Gasteiger partial charge in [0.15, 0.2) is 0 Å². The molecule has 4 aromatic rings. The Morgan fingerprint density at radius 2 is 0.942 bits per heavy atom. The number of amides is 2. The first-order valence-corrected chi connectivity index (χ1v) is 18.1. The molecule has 6 rings (SSSR count). The molecule has 0 saturated carbocycles. The van der Waals surface area contributed by atoms with Gasteiger partial charge in [0.1, 0.15) is 34.6 Å². The van der Waals surface area contributed by atoms with Crippen molar-refractivity contribution in [1.82, 2.24) is 9.80 Å². The Balaban J connectivity index is 1.13. The van der Waals surface area contributed by atoms with Crippen molar-refractivity contribution in [2.45, 2.75) is 25.7 Å². The van der Waals surface area contributed by atoms with E-state index in [0.717, 1.165) is 35.5 Å².